The Bertz CT molecular complexity index is 1080. The average molecular weight is 392 g/mol. The fourth-order valence-electron chi connectivity index (χ4n) is 3.74. The van der Waals surface area contributed by atoms with Crippen LogP contribution in [-0.2, 0) is 24.1 Å². The molecule has 0 N–H and O–H groups in total. The summed E-state index contributed by atoms with van der Waals surface area (Å²) in [6.45, 7) is 2.55. The van der Waals surface area contributed by atoms with Crippen LogP contribution in [0.3, 0.4) is 0 Å². The number of hydrogen-bond donors (Lipinski definition) is 0. The van der Waals surface area contributed by atoms with Crippen molar-refractivity contribution in [1.29, 1.82) is 0 Å². The molecule has 0 saturated heterocycles. The zero-order valence-electron chi connectivity index (χ0n) is 16.5. The molecule has 0 bridgehead atoms. The summed E-state index contributed by atoms with van der Waals surface area (Å²) < 4.78 is 16.5. The molecule has 0 amide bonds. The van der Waals surface area contributed by atoms with Crippen LogP contribution in [0, 0.1) is 0 Å². The lowest BCUT2D eigenvalue weighted by atomic mass is 10.1. The van der Waals surface area contributed by atoms with E-state index in [2.05, 4.69) is 6.92 Å². The van der Waals surface area contributed by atoms with Gasteiger partial charge in [-0.3, -0.25) is 4.79 Å². The van der Waals surface area contributed by atoms with E-state index < -0.39 is 0 Å². The molecule has 1 aliphatic carbocycles. The maximum Gasteiger partial charge on any atom is 0.339 e. The van der Waals surface area contributed by atoms with Crippen LogP contribution in [0.4, 0.5) is 0 Å². The van der Waals surface area contributed by atoms with Crippen LogP contribution in [0.2, 0.25) is 0 Å². The van der Waals surface area contributed by atoms with Gasteiger partial charge in [0, 0.05) is 23.4 Å². The molecule has 0 fully saturated rings. The fourth-order valence-corrected chi connectivity index (χ4v) is 3.74. The van der Waals surface area contributed by atoms with Crippen molar-refractivity contribution < 1.29 is 18.7 Å². The average Bonchev–Trinajstić information content (AvgIpc) is 3.22. The highest BCUT2D eigenvalue weighted by atomic mass is 16.5. The van der Waals surface area contributed by atoms with Gasteiger partial charge >= 0.3 is 11.6 Å². The smallest absolute Gasteiger partial charge is 0.339 e. The van der Waals surface area contributed by atoms with Crippen LogP contribution < -0.4 is 15.1 Å². The lowest BCUT2D eigenvalue weighted by molar-refractivity contribution is -0.134. The van der Waals surface area contributed by atoms with Gasteiger partial charge in [0.1, 0.15) is 17.1 Å². The molecule has 4 rings (SSSR count). The molecule has 2 aromatic carbocycles. The number of aryl methyl sites for hydroxylation is 2. The summed E-state index contributed by atoms with van der Waals surface area (Å²) in [5.41, 5.74) is 3.30. The van der Waals surface area contributed by atoms with E-state index in [1.807, 2.05) is 30.3 Å². The molecule has 5 heteroatoms. The quantitative estimate of drug-likeness (QED) is 0.254. The summed E-state index contributed by atoms with van der Waals surface area (Å²) >= 11 is 0. The summed E-state index contributed by atoms with van der Waals surface area (Å²) in [7, 11) is 0. The van der Waals surface area contributed by atoms with Gasteiger partial charge in [0.15, 0.2) is 0 Å². The monoisotopic (exact) mass is 392 g/mol. The summed E-state index contributed by atoms with van der Waals surface area (Å²) in [6.07, 6.45) is 4.43. The Kier molecular flexibility index (Phi) is 5.65. The normalized spacial score (nSPS) is 12.7. The van der Waals surface area contributed by atoms with Crippen molar-refractivity contribution >= 4 is 16.9 Å². The number of carbonyl (C=O) groups excluding carboxylic acids is 1. The van der Waals surface area contributed by atoms with Crippen LogP contribution in [-0.4, -0.2) is 12.6 Å². The van der Waals surface area contributed by atoms with Gasteiger partial charge in [-0.05, 0) is 67.5 Å². The third kappa shape index (κ3) is 4.34. The first kappa shape index (κ1) is 19.2. The summed E-state index contributed by atoms with van der Waals surface area (Å²) in [6, 6.07) is 13.2. The number of benzene rings is 2. The van der Waals surface area contributed by atoms with Crippen LogP contribution in [0.1, 0.15) is 42.9 Å². The second-order valence-electron chi connectivity index (χ2n) is 7.28. The van der Waals surface area contributed by atoms with Crippen molar-refractivity contribution in [3.8, 4) is 11.5 Å². The van der Waals surface area contributed by atoms with Gasteiger partial charge in [-0.2, -0.15) is 0 Å². The third-order valence-corrected chi connectivity index (χ3v) is 5.30. The minimum atomic E-state index is -0.335. The number of rotatable bonds is 7. The first-order valence-corrected chi connectivity index (χ1v) is 10.1. The second kappa shape index (κ2) is 8.52. The van der Waals surface area contributed by atoms with Gasteiger partial charge in [0.05, 0.1) is 6.61 Å². The molecule has 1 heterocycles. The van der Waals surface area contributed by atoms with E-state index in [1.165, 1.54) is 5.56 Å². The Morgan fingerprint density at radius 3 is 2.59 bits per heavy atom. The predicted octanol–water partition coefficient (Wildman–Crippen LogP) is 4.61. The fraction of sp³-hybridized carbons (Fsp3) is 0.333. The lowest BCUT2D eigenvalue weighted by Gasteiger charge is -2.08. The molecular weight excluding hydrogens is 368 g/mol. The zero-order chi connectivity index (χ0) is 20.2. The molecule has 1 aliphatic rings. The van der Waals surface area contributed by atoms with Crippen LogP contribution >= 0.6 is 0 Å². The largest absolute Gasteiger partial charge is 0.494 e. The van der Waals surface area contributed by atoms with Gasteiger partial charge in [-0.1, -0.05) is 19.1 Å². The van der Waals surface area contributed by atoms with Crippen molar-refractivity contribution in [2.24, 2.45) is 0 Å². The second-order valence-corrected chi connectivity index (χ2v) is 7.28. The standard InChI is InChI=1S/C24H24O5/c1-2-16-8-10-17(11-9-16)27-14-4-7-23(25)28-18-12-13-20-19-5-3-6-21(19)24(26)29-22(20)15-18/h8-13,15H,2-7,14H2,1H3. The van der Waals surface area contributed by atoms with Gasteiger partial charge in [0.2, 0.25) is 0 Å². The Morgan fingerprint density at radius 2 is 1.79 bits per heavy atom. The molecular formula is C24H24O5. The molecule has 150 valence electrons. The summed E-state index contributed by atoms with van der Waals surface area (Å²) in [4.78, 5) is 24.2. The summed E-state index contributed by atoms with van der Waals surface area (Å²) in [5.74, 6) is 0.852. The van der Waals surface area contributed by atoms with Crippen LogP contribution in [0.25, 0.3) is 11.0 Å². The summed E-state index contributed by atoms with van der Waals surface area (Å²) in [5, 5.41) is 0.930. The van der Waals surface area contributed by atoms with Gasteiger partial charge in [-0.15, -0.1) is 0 Å². The van der Waals surface area contributed by atoms with Crippen LogP contribution in [0.5, 0.6) is 11.5 Å². The predicted molar refractivity (Wildman–Crippen MR) is 111 cm³/mol. The highest BCUT2D eigenvalue weighted by Gasteiger charge is 2.20. The van der Waals surface area contributed by atoms with Crippen molar-refractivity contribution in [1.82, 2.24) is 0 Å². The number of hydrogen-bond acceptors (Lipinski definition) is 5. The number of esters is 1. The zero-order valence-corrected chi connectivity index (χ0v) is 16.5. The molecule has 29 heavy (non-hydrogen) atoms. The van der Waals surface area contributed by atoms with E-state index in [0.717, 1.165) is 47.9 Å². The molecule has 0 aliphatic heterocycles. The maximum atomic E-state index is 12.1. The van der Waals surface area contributed by atoms with Gasteiger partial charge < -0.3 is 13.9 Å². The van der Waals surface area contributed by atoms with E-state index in [0.29, 0.717) is 24.4 Å². The molecule has 5 nitrogen and oxygen atoms in total. The Labute approximate surface area is 169 Å². The number of carbonyl (C=O) groups is 1. The topological polar surface area (TPSA) is 65.7 Å². The van der Waals surface area contributed by atoms with E-state index >= 15 is 0 Å². The SMILES string of the molecule is CCc1ccc(OCCCC(=O)Oc2ccc3c4c(c(=O)oc3c2)CCC4)cc1. The van der Waals surface area contributed by atoms with E-state index in [9.17, 15) is 9.59 Å². The molecule has 0 atom stereocenters. The van der Waals surface area contributed by atoms with Crippen molar-refractivity contribution in [3.63, 3.8) is 0 Å². The first-order valence-electron chi connectivity index (χ1n) is 10.1. The van der Waals surface area contributed by atoms with Crippen LogP contribution in [0.15, 0.2) is 51.7 Å². The van der Waals surface area contributed by atoms with Gasteiger partial charge in [-0.25, -0.2) is 4.79 Å². The Morgan fingerprint density at radius 1 is 1.03 bits per heavy atom. The highest BCUT2D eigenvalue weighted by molar-refractivity contribution is 5.84. The van der Waals surface area contributed by atoms with E-state index in [4.69, 9.17) is 13.9 Å². The third-order valence-electron chi connectivity index (χ3n) is 5.30. The first-order chi connectivity index (χ1) is 14.1. The van der Waals surface area contributed by atoms with Crippen molar-refractivity contribution in [3.05, 3.63) is 69.6 Å². The molecule has 0 saturated carbocycles. The van der Waals surface area contributed by atoms with Crippen molar-refractivity contribution in [2.45, 2.75) is 45.4 Å². The van der Waals surface area contributed by atoms with Crippen molar-refractivity contribution in [2.75, 3.05) is 6.61 Å². The Hall–Kier alpha value is -3.08. The van der Waals surface area contributed by atoms with Gasteiger partial charge in [0.25, 0.3) is 0 Å². The van der Waals surface area contributed by atoms with E-state index in [-0.39, 0.29) is 18.0 Å². The minimum Gasteiger partial charge on any atom is -0.494 e. The molecule has 0 spiro atoms. The molecule has 0 unspecified atom stereocenters. The maximum absolute atomic E-state index is 12.1. The molecule has 1 aromatic heterocycles. The van der Waals surface area contributed by atoms with E-state index in [1.54, 1.807) is 12.1 Å². The molecule has 3 aromatic rings. The molecule has 0 radical (unpaired) electrons. The highest BCUT2D eigenvalue weighted by Crippen LogP contribution is 2.29. The minimum absolute atomic E-state index is 0.249. The lowest BCUT2D eigenvalue weighted by Crippen LogP contribution is -2.10. The number of fused-ring (bicyclic) bond motifs is 3. The number of ether oxygens (including phenoxy) is 2. The Balaban J connectivity index is 1.31.